The molecule has 6 nitrogen and oxygen atoms in total. The maximum atomic E-state index is 12.3. The van der Waals surface area contributed by atoms with Gasteiger partial charge in [-0.25, -0.2) is 0 Å². The number of anilines is 1. The van der Waals surface area contributed by atoms with Gasteiger partial charge in [0.2, 0.25) is 5.91 Å². The highest BCUT2D eigenvalue weighted by Crippen LogP contribution is 2.22. The van der Waals surface area contributed by atoms with Crippen LogP contribution in [0.25, 0.3) is 0 Å². The van der Waals surface area contributed by atoms with Crippen molar-refractivity contribution in [1.82, 2.24) is 0 Å². The van der Waals surface area contributed by atoms with Crippen molar-refractivity contribution in [2.24, 2.45) is 5.92 Å². The second-order valence-electron chi connectivity index (χ2n) is 6.25. The number of ether oxygens (including phenoxy) is 3. The number of hydrogen-bond donors (Lipinski definition) is 1. The molecule has 0 aromatic heterocycles. The monoisotopic (exact) mass is 365 g/mol. The maximum Gasteiger partial charge on any atom is 0.232 e. The second kappa shape index (κ2) is 12.4. The predicted molar refractivity (Wildman–Crippen MR) is 102 cm³/mol. The molecule has 0 unspecified atom stereocenters. The number of carbonyl (C=O) groups is 2. The van der Waals surface area contributed by atoms with E-state index in [4.69, 9.17) is 14.2 Å². The van der Waals surface area contributed by atoms with Gasteiger partial charge < -0.3 is 19.5 Å². The highest BCUT2D eigenvalue weighted by molar-refractivity contribution is 5.97. The molecule has 146 valence electrons. The quantitative estimate of drug-likeness (QED) is 0.324. The molecule has 0 radical (unpaired) electrons. The van der Waals surface area contributed by atoms with Crippen molar-refractivity contribution in [1.29, 1.82) is 0 Å². The Hall–Kier alpha value is -1.92. The van der Waals surface area contributed by atoms with Gasteiger partial charge in [-0.05, 0) is 31.5 Å². The van der Waals surface area contributed by atoms with Crippen molar-refractivity contribution in [2.75, 3.05) is 26.1 Å². The lowest BCUT2D eigenvalue weighted by Gasteiger charge is -2.20. The van der Waals surface area contributed by atoms with Crippen molar-refractivity contribution < 1.29 is 23.8 Å². The Labute approximate surface area is 156 Å². The molecule has 0 aliphatic carbocycles. The fourth-order valence-corrected chi connectivity index (χ4v) is 2.61. The van der Waals surface area contributed by atoms with Crippen molar-refractivity contribution in [3.8, 4) is 5.75 Å². The van der Waals surface area contributed by atoms with Gasteiger partial charge in [0.1, 0.15) is 5.75 Å². The molecular weight excluding hydrogens is 334 g/mol. The van der Waals surface area contributed by atoms with Gasteiger partial charge in [-0.1, -0.05) is 32.6 Å². The third-order valence-electron chi connectivity index (χ3n) is 4.21. The number of hydrogen-bond acceptors (Lipinski definition) is 5. The molecule has 1 aromatic rings. The van der Waals surface area contributed by atoms with Crippen LogP contribution in [-0.2, 0) is 14.3 Å². The summed E-state index contributed by atoms with van der Waals surface area (Å²) < 4.78 is 15.9. The van der Waals surface area contributed by atoms with Gasteiger partial charge in [-0.3, -0.25) is 9.59 Å². The van der Waals surface area contributed by atoms with Gasteiger partial charge in [-0.15, -0.1) is 0 Å². The summed E-state index contributed by atoms with van der Waals surface area (Å²) in [6, 6.07) is 5.07. The average Bonchev–Trinajstić information content (AvgIpc) is 2.66. The van der Waals surface area contributed by atoms with Gasteiger partial charge in [0.15, 0.2) is 12.6 Å². The van der Waals surface area contributed by atoms with Crippen LogP contribution in [-0.4, -0.2) is 39.3 Å². The lowest BCUT2D eigenvalue weighted by Crippen LogP contribution is -2.33. The molecule has 0 aliphatic rings. The highest BCUT2D eigenvalue weighted by Gasteiger charge is 2.24. The van der Waals surface area contributed by atoms with E-state index in [1.807, 2.05) is 0 Å². The lowest BCUT2D eigenvalue weighted by molar-refractivity contribution is -0.151. The molecule has 0 saturated carbocycles. The molecule has 26 heavy (non-hydrogen) atoms. The van der Waals surface area contributed by atoms with Crippen LogP contribution in [0, 0.1) is 5.92 Å². The number of carbonyl (C=O) groups excluding carboxylic acids is 2. The van der Waals surface area contributed by atoms with Crippen LogP contribution in [0.15, 0.2) is 18.2 Å². The number of nitrogens with one attached hydrogen (secondary N) is 1. The van der Waals surface area contributed by atoms with E-state index in [1.165, 1.54) is 33.5 Å². The Morgan fingerprint density at radius 3 is 2.46 bits per heavy atom. The molecule has 1 amide bonds. The fraction of sp³-hybridized carbons (Fsp3) is 0.600. The highest BCUT2D eigenvalue weighted by atomic mass is 16.7. The zero-order valence-electron chi connectivity index (χ0n) is 16.2. The number of amides is 1. The van der Waals surface area contributed by atoms with Gasteiger partial charge in [-0.2, -0.15) is 0 Å². The first-order valence-electron chi connectivity index (χ1n) is 9.15. The molecule has 0 heterocycles. The minimum atomic E-state index is -0.648. The summed E-state index contributed by atoms with van der Waals surface area (Å²) in [5.74, 6) is -0.185. The Morgan fingerprint density at radius 2 is 1.85 bits per heavy atom. The van der Waals surface area contributed by atoms with E-state index in [9.17, 15) is 9.59 Å². The molecule has 0 bridgehead atoms. The zero-order chi connectivity index (χ0) is 19.4. The van der Waals surface area contributed by atoms with E-state index in [1.54, 1.807) is 25.1 Å². The zero-order valence-corrected chi connectivity index (χ0v) is 16.2. The third kappa shape index (κ3) is 7.14. The minimum absolute atomic E-state index is 0.286. The summed E-state index contributed by atoms with van der Waals surface area (Å²) in [5.41, 5.74) is 0.818. The number of benzene rings is 1. The molecule has 0 spiro atoms. The Bertz CT molecular complexity index is 557. The van der Waals surface area contributed by atoms with Gasteiger partial charge in [0, 0.05) is 19.8 Å². The first-order chi connectivity index (χ1) is 12.6. The lowest BCUT2D eigenvalue weighted by atomic mass is 10.1. The molecular formula is C20H31NO5. The van der Waals surface area contributed by atoms with E-state index in [0.717, 1.165) is 12.8 Å². The SMILES string of the molecule is CCCCCCCOc1ccc(NC(=O)[C@H](C)C(OC)OC)c(C=O)c1. The second-order valence-corrected chi connectivity index (χ2v) is 6.25. The standard InChI is InChI=1S/C20H31NO5/c1-5-6-7-8-9-12-26-17-10-11-18(16(13-17)14-22)21-19(23)15(2)20(24-3)25-4/h10-11,13-15,20H,5-9,12H2,1-4H3,(H,21,23)/t15-/m0/s1. The predicted octanol–water partition coefficient (Wildman–Crippen LogP) is 4.04. The number of methoxy groups -OCH3 is 2. The molecule has 1 atom stereocenters. The normalized spacial score (nSPS) is 12.0. The van der Waals surface area contributed by atoms with E-state index < -0.39 is 12.2 Å². The Kier molecular flexibility index (Phi) is 10.6. The summed E-state index contributed by atoms with van der Waals surface area (Å²) in [5, 5.41) is 2.74. The van der Waals surface area contributed by atoms with Crippen molar-refractivity contribution in [3.63, 3.8) is 0 Å². The van der Waals surface area contributed by atoms with E-state index >= 15 is 0 Å². The molecule has 0 fully saturated rings. The summed E-state index contributed by atoms with van der Waals surface area (Å²) >= 11 is 0. The van der Waals surface area contributed by atoms with Crippen molar-refractivity contribution in [3.05, 3.63) is 23.8 Å². The Morgan fingerprint density at radius 1 is 1.15 bits per heavy atom. The molecule has 0 saturated heterocycles. The summed E-state index contributed by atoms with van der Waals surface area (Å²) in [7, 11) is 2.95. The maximum absolute atomic E-state index is 12.3. The van der Waals surface area contributed by atoms with Gasteiger partial charge in [0.05, 0.1) is 18.2 Å². The largest absolute Gasteiger partial charge is 0.494 e. The molecule has 1 aromatic carbocycles. The number of unbranched alkanes of at least 4 members (excludes halogenated alkanes) is 4. The van der Waals surface area contributed by atoms with Gasteiger partial charge in [0.25, 0.3) is 0 Å². The van der Waals surface area contributed by atoms with Crippen LogP contribution in [0.3, 0.4) is 0 Å². The Balaban J connectivity index is 2.62. The van der Waals surface area contributed by atoms with Crippen LogP contribution >= 0.6 is 0 Å². The van der Waals surface area contributed by atoms with Crippen LogP contribution in [0.2, 0.25) is 0 Å². The van der Waals surface area contributed by atoms with Crippen molar-refractivity contribution in [2.45, 2.75) is 52.2 Å². The smallest absolute Gasteiger partial charge is 0.232 e. The van der Waals surface area contributed by atoms with Crippen LogP contribution in [0.5, 0.6) is 5.75 Å². The van der Waals surface area contributed by atoms with Crippen LogP contribution in [0.4, 0.5) is 5.69 Å². The van der Waals surface area contributed by atoms with Crippen molar-refractivity contribution >= 4 is 17.9 Å². The fourth-order valence-electron chi connectivity index (χ4n) is 2.61. The summed E-state index contributed by atoms with van der Waals surface area (Å²) in [4.78, 5) is 23.7. The van der Waals surface area contributed by atoms with Crippen LogP contribution in [0.1, 0.15) is 56.3 Å². The molecule has 6 heteroatoms. The van der Waals surface area contributed by atoms with Gasteiger partial charge >= 0.3 is 0 Å². The van der Waals surface area contributed by atoms with E-state index in [2.05, 4.69) is 12.2 Å². The van der Waals surface area contributed by atoms with E-state index in [0.29, 0.717) is 29.9 Å². The topological polar surface area (TPSA) is 73.9 Å². The first kappa shape index (κ1) is 22.1. The molecule has 1 rings (SSSR count). The third-order valence-corrected chi connectivity index (χ3v) is 4.21. The minimum Gasteiger partial charge on any atom is -0.494 e. The molecule has 0 aliphatic heterocycles. The number of rotatable bonds is 13. The van der Waals surface area contributed by atoms with E-state index in [-0.39, 0.29) is 5.91 Å². The summed E-state index contributed by atoms with van der Waals surface area (Å²) in [6.45, 7) is 4.50. The number of aldehydes is 1. The van der Waals surface area contributed by atoms with Crippen LogP contribution < -0.4 is 10.1 Å². The summed E-state index contributed by atoms with van der Waals surface area (Å²) in [6.07, 6.45) is 5.86. The first-order valence-corrected chi connectivity index (χ1v) is 9.15. The average molecular weight is 365 g/mol. The molecule has 1 N–H and O–H groups in total.